The number of nitrogens with zero attached hydrogens (tertiary/aromatic N) is 1. The summed E-state index contributed by atoms with van der Waals surface area (Å²) in [5.41, 5.74) is 7.75. The van der Waals surface area contributed by atoms with E-state index in [1.807, 2.05) is 6.92 Å². The minimum Gasteiger partial charge on any atom is -0.493 e. The van der Waals surface area contributed by atoms with Crippen molar-refractivity contribution in [2.75, 3.05) is 13.7 Å². The third-order valence-electron chi connectivity index (χ3n) is 1.88. The first-order valence-electron chi connectivity index (χ1n) is 5.06. The third kappa shape index (κ3) is 4.02. The highest BCUT2D eigenvalue weighted by atomic mass is 16.5. The molecule has 6 heteroatoms. The summed E-state index contributed by atoms with van der Waals surface area (Å²) < 4.78 is 10.5. The summed E-state index contributed by atoms with van der Waals surface area (Å²) in [6, 6.07) is 4.60. The number of primary amides is 1. The lowest BCUT2D eigenvalue weighted by Gasteiger charge is -2.09. The molecular weight excluding hydrogens is 222 g/mol. The van der Waals surface area contributed by atoms with Gasteiger partial charge in [0.1, 0.15) is 0 Å². The topological polar surface area (TPSA) is 85.9 Å². The maximum atomic E-state index is 10.4. The van der Waals surface area contributed by atoms with Gasteiger partial charge in [-0.25, -0.2) is 10.2 Å². The summed E-state index contributed by atoms with van der Waals surface area (Å²) >= 11 is 0. The quantitative estimate of drug-likeness (QED) is 0.593. The highest BCUT2D eigenvalue weighted by Gasteiger charge is 2.03. The fourth-order valence-corrected chi connectivity index (χ4v) is 1.21. The minimum absolute atomic E-state index is 0.538. The molecule has 0 saturated heterocycles. The zero-order valence-corrected chi connectivity index (χ0v) is 9.77. The molecule has 0 aliphatic rings. The highest BCUT2D eigenvalue weighted by molar-refractivity contribution is 5.82. The van der Waals surface area contributed by atoms with Crippen LogP contribution in [0.15, 0.2) is 23.3 Å². The lowest BCUT2D eigenvalue weighted by Crippen LogP contribution is -2.24. The van der Waals surface area contributed by atoms with Gasteiger partial charge in [-0.15, -0.1) is 0 Å². The van der Waals surface area contributed by atoms with Gasteiger partial charge >= 0.3 is 6.03 Å². The van der Waals surface area contributed by atoms with Crippen LogP contribution in [-0.2, 0) is 0 Å². The molecule has 92 valence electrons. The Morgan fingerprint density at radius 2 is 2.29 bits per heavy atom. The molecule has 3 N–H and O–H groups in total. The largest absolute Gasteiger partial charge is 0.493 e. The molecular formula is C11H15N3O3. The minimum atomic E-state index is -0.709. The van der Waals surface area contributed by atoms with Crippen LogP contribution in [0.2, 0.25) is 0 Å². The lowest BCUT2D eigenvalue weighted by atomic mass is 10.2. The normalized spacial score (nSPS) is 10.2. The summed E-state index contributed by atoms with van der Waals surface area (Å²) in [7, 11) is 1.57. The van der Waals surface area contributed by atoms with Crippen molar-refractivity contribution in [2.45, 2.75) is 6.92 Å². The zero-order valence-electron chi connectivity index (χ0n) is 9.77. The lowest BCUT2D eigenvalue weighted by molar-refractivity contribution is 0.249. The molecule has 6 nitrogen and oxygen atoms in total. The van der Waals surface area contributed by atoms with Crippen molar-refractivity contribution >= 4 is 12.2 Å². The first-order chi connectivity index (χ1) is 8.17. The van der Waals surface area contributed by atoms with Gasteiger partial charge in [0.25, 0.3) is 0 Å². The van der Waals surface area contributed by atoms with Gasteiger partial charge in [0.15, 0.2) is 11.5 Å². The Morgan fingerprint density at radius 1 is 1.53 bits per heavy atom. The average Bonchev–Trinajstić information content (AvgIpc) is 2.29. The molecule has 0 saturated carbocycles. The summed E-state index contributed by atoms with van der Waals surface area (Å²) in [5.74, 6) is 1.27. The molecule has 0 unspecified atom stereocenters. The Hall–Kier alpha value is -2.24. The van der Waals surface area contributed by atoms with Crippen LogP contribution in [0, 0.1) is 0 Å². The molecule has 0 aliphatic heterocycles. The molecule has 0 bridgehead atoms. The monoisotopic (exact) mass is 237 g/mol. The predicted molar refractivity (Wildman–Crippen MR) is 64.5 cm³/mol. The zero-order chi connectivity index (χ0) is 12.7. The molecule has 17 heavy (non-hydrogen) atoms. The molecule has 0 spiro atoms. The van der Waals surface area contributed by atoms with Crippen LogP contribution < -0.4 is 20.6 Å². The van der Waals surface area contributed by atoms with Crippen molar-refractivity contribution < 1.29 is 14.3 Å². The van der Waals surface area contributed by atoms with Gasteiger partial charge in [0.2, 0.25) is 0 Å². The Balaban J connectivity index is 2.84. The second-order valence-corrected chi connectivity index (χ2v) is 3.08. The third-order valence-corrected chi connectivity index (χ3v) is 1.88. The van der Waals surface area contributed by atoms with Gasteiger partial charge in [-0.1, -0.05) is 0 Å². The number of nitrogens with two attached hydrogens (primary N) is 1. The standard InChI is InChI=1S/C11H15N3O3/c1-3-17-10-6-8(4-5-9(10)16-2)7-13-14-11(12)15/h4-7H,3H2,1-2H3,(H3,12,14,15)/b13-7-. The van der Waals surface area contributed by atoms with E-state index in [0.717, 1.165) is 5.56 Å². The molecule has 1 aromatic rings. The van der Waals surface area contributed by atoms with E-state index in [9.17, 15) is 4.79 Å². The first-order valence-corrected chi connectivity index (χ1v) is 5.06. The van der Waals surface area contributed by atoms with Crippen molar-refractivity contribution in [3.63, 3.8) is 0 Å². The molecule has 0 heterocycles. The highest BCUT2D eigenvalue weighted by Crippen LogP contribution is 2.27. The molecule has 0 aliphatic carbocycles. The number of amides is 2. The van der Waals surface area contributed by atoms with Crippen molar-refractivity contribution in [1.29, 1.82) is 0 Å². The van der Waals surface area contributed by atoms with Gasteiger partial charge in [-0.3, -0.25) is 0 Å². The van der Waals surface area contributed by atoms with E-state index >= 15 is 0 Å². The van der Waals surface area contributed by atoms with Crippen molar-refractivity contribution in [1.82, 2.24) is 5.43 Å². The van der Waals surface area contributed by atoms with E-state index in [1.165, 1.54) is 6.21 Å². The van der Waals surface area contributed by atoms with Crippen LogP contribution in [-0.4, -0.2) is 26.0 Å². The average molecular weight is 237 g/mol. The second-order valence-electron chi connectivity index (χ2n) is 3.08. The van der Waals surface area contributed by atoms with Crippen LogP contribution in [0.25, 0.3) is 0 Å². The van der Waals surface area contributed by atoms with Gasteiger partial charge in [-0.05, 0) is 30.7 Å². The second kappa shape index (κ2) is 6.37. The molecule has 2 amide bonds. The van der Waals surface area contributed by atoms with Crippen molar-refractivity contribution in [3.8, 4) is 11.5 Å². The molecule has 0 atom stereocenters. The van der Waals surface area contributed by atoms with E-state index in [4.69, 9.17) is 15.2 Å². The predicted octanol–water partition coefficient (Wildman–Crippen LogP) is 1.10. The molecule has 1 rings (SSSR count). The maximum absolute atomic E-state index is 10.4. The van der Waals surface area contributed by atoms with Crippen LogP contribution in [0.5, 0.6) is 11.5 Å². The number of hydrogen-bond acceptors (Lipinski definition) is 4. The molecule has 0 radical (unpaired) electrons. The van der Waals surface area contributed by atoms with E-state index in [2.05, 4.69) is 10.5 Å². The number of ether oxygens (including phenoxy) is 2. The Labute approximate surface area is 99.4 Å². The number of carbonyl (C=O) groups excluding carboxylic acids is 1. The van der Waals surface area contributed by atoms with E-state index < -0.39 is 6.03 Å². The number of hydrogen-bond donors (Lipinski definition) is 2. The number of carbonyl (C=O) groups is 1. The van der Waals surface area contributed by atoms with E-state index in [0.29, 0.717) is 18.1 Å². The van der Waals surface area contributed by atoms with Gasteiger partial charge in [-0.2, -0.15) is 5.10 Å². The summed E-state index contributed by atoms with van der Waals surface area (Å²) in [5, 5.41) is 3.65. The fraction of sp³-hybridized carbons (Fsp3) is 0.273. The Bertz CT molecular complexity index is 418. The molecule has 1 aromatic carbocycles. The van der Waals surface area contributed by atoms with Crippen LogP contribution >= 0.6 is 0 Å². The van der Waals surface area contributed by atoms with Crippen LogP contribution in [0.4, 0.5) is 4.79 Å². The van der Waals surface area contributed by atoms with E-state index in [1.54, 1.807) is 25.3 Å². The van der Waals surface area contributed by atoms with Crippen molar-refractivity contribution in [3.05, 3.63) is 23.8 Å². The number of hydrazone groups is 1. The first kappa shape index (κ1) is 12.8. The number of urea groups is 1. The van der Waals surface area contributed by atoms with E-state index in [-0.39, 0.29) is 0 Å². The van der Waals surface area contributed by atoms with Crippen molar-refractivity contribution in [2.24, 2.45) is 10.8 Å². The smallest absolute Gasteiger partial charge is 0.332 e. The summed E-state index contributed by atoms with van der Waals surface area (Å²) in [6.07, 6.45) is 1.46. The Kier molecular flexibility index (Phi) is 4.80. The number of methoxy groups -OCH3 is 1. The SMILES string of the molecule is CCOc1cc(/C=N\NC(N)=O)ccc1OC. The number of rotatable bonds is 5. The van der Waals surface area contributed by atoms with Gasteiger partial charge in [0, 0.05) is 0 Å². The van der Waals surface area contributed by atoms with Crippen LogP contribution in [0.3, 0.4) is 0 Å². The Morgan fingerprint density at radius 3 is 2.88 bits per heavy atom. The molecule has 0 fully saturated rings. The van der Waals surface area contributed by atoms with Crippen LogP contribution in [0.1, 0.15) is 12.5 Å². The fourth-order valence-electron chi connectivity index (χ4n) is 1.21. The summed E-state index contributed by atoms with van der Waals surface area (Å²) in [6.45, 7) is 2.42. The number of benzene rings is 1. The van der Waals surface area contributed by atoms with Gasteiger partial charge < -0.3 is 15.2 Å². The molecule has 0 aromatic heterocycles. The number of nitrogens with one attached hydrogen (secondary N) is 1. The summed E-state index contributed by atoms with van der Waals surface area (Å²) in [4.78, 5) is 10.4. The van der Waals surface area contributed by atoms with Gasteiger partial charge in [0.05, 0.1) is 19.9 Å². The maximum Gasteiger partial charge on any atom is 0.332 e.